The van der Waals surface area contributed by atoms with E-state index in [4.69, 9.17) is 16.3 Å². The van der Waals surface area contributed by atoms with Gasteiger partial charge in [0.15, 0.2) is 11.6 Å². The number of rotatable bonds is 3. The first-order valence-electron chi connectivity index (χ1n) is 4.98. The van der Waals surface area contributed by atoms with Crippen LogP contribution >= 0.6 is 27.5 Å². The molecule has 88 valence electrons. The molecule has 2 aromatic carbocycles. The molecule has 0 amide bonds. The fourth-order valence-corrected chi connectivity index (χ4v) is 1.90. The third-order valence-electron chi connectivity index (χ3n) is 2.22. The van der Waals surface area contributed by atoms with E-state index >= 15 is 0 Å². The highest BCUT2D eigenvalue weighted by Gasteiger charge is 2.03. The van der Waals surface area contributed by atoms with Gasteiger partial charge in [-0.2, -0.15) is 0 Å². The van der Waals surface area contributed by atoms with Gasteiger partial charge in [0.05, 0.1) is 5.02 Å². The predicted octanol–water partition coefficient (Wildman–Crippen LogP) is 4.82. The van der Waals surface area contributed by atoms with Crippen LogP contribution in [0, 0.1) is 5.82 Å². The highest BCUT2D eigenvalue weighted by atomic mass is 79.9. The molecule has 0 N–H and O–H groups in total. The molecular weight excluding hydrogens is 306 g/mol. The molecule has 0 radical (unpaired) electrons. The van der Waals surface area contributed by atoms with E-state index in [9.17, 15) is 4.39 Å². The summed E-state index contributed by atoms with van der Waals surface area (Å²) in [6, 6.07) is 11.8. The van der Waals surface area contributed by atoms with Crippen LogP contribution in [0.4, 0.5) is 4.39 Å². The molecule has 2 aromatic rings. The molecule has 0 spiro atoms. The normalized spacial score (nSPS) is 10.3. The van der Waals surface area contributed by atoms with Crippen LogP contribution in [0.25, 0.3) is 0 Å². The minimum Gasteiger partial charge on any atom is -0.486 e. The summed E-state index contributed by atoms with van der Waals surface area (Å²) in [6.07, 6.45) is 0. The summed E-state index contributed by atoms with van der Waals surface area (Å²) in [5, 5.41) is 0.639. The van der Waals surface area contributed by atoms with Crippen molar-refractivity contribution in [2.24, 2.45) is 0 Å². The number of ether oxygens (including phenoxy) is 1. The van der Waals surface area contributed by atoms with Crippen molar-refractivity contribution in [1.82, 2.24) is 0 Å². The molecule has 0 aliphatic rings. The second-order valence-corrected chi connectivity index (χ2v) is 4.73. The molecule has 0 aliphatic heterocycles. The molecule has 0 saturated carbocycles. The lowest BCUT2D eigenvalue weighted by Gasteiger charge is -2.07. The average molecular weight is 316 g/mol. The van der Waals surface area contributed by atoms with E-state index < -0.39 is 0 Å². The zero-order valence-corrected chi connectivity index (χ0v) is 11.1. The Morgan fingerprint density at radius 2 is 1.94 bits per heavy atom. The van der Waals surface area contributed by atoms with Crippen molar-refractivity contribution < 1.29 is 9.13 Å². The molecule has 0 atom stereocenters. The lowest BCUT2D eigenvalue weighted by Crippen LogP contribution is -1.97. The van der Waals surface area contributed by atoms with E-state index in [0.717, 1.165) is 10.0 Å². The van der Waals surface area contributed by atoms with Gasteiger partial charge in [-0.1, -0.05) is 29.8 Å². The molecule has 17 heavy (non-hydrogen) atoms. The monoisotopic (exact) mass is 314 g/mol. The standard InChI is InChI=1S/C13H9BrClFO/c14-10-7-9(5-6-11(10)15)8-17-13-4-2-1-3-12(13)16/h1-7H,8H2. The molecule has 0 unspecified atom stereocenters. The highest BCUT2D eigenvalue weighted by Crippen LogP contribution is 2.24. The van der Waals surface area contributed by atoms with Gasteiger partial charge in [-0.15, -0.1) is 0 Å². The van der Waals surface area contributed by atoms with Crippen molar-refractivity contribution in [3.05, 3.63) is 63.3 Å². The average Bonchev–Trinajstić information content (AvgIpc) is 2.32. The van der Waals surface area contributed by atoms with Gasteiger partial charge < -0.3 is 4.74 Å². The van der Waals surface area contributed by atoms with Gasteiger partial charge in [0, 0.05) is 4.47 Å². The topological polar surface area (TPSA) is 9.23 Å². The lowest BCUT2D eigenvalue weighted by atomic mass is 10.2. The van der Waals surface area contributed by atoms with E-state index in [0.29, 0.717) is 11.6 Å². The zero-order valence-electron chi connectivity index (χ0n) is 8.79. The van der Waals surface area contributed by atoms with Crippen LogP contribution in [0.1, 0.15) is 5.56 Å². The Morgan fingerprint density at radius 1 is 1.18 bits per heavy atom. The van der Waals surface area contributed by atoms with Gasteiger partial charge in [0.25, 0.3) is 0 Å². The molecule has 4 heteroatoms. The van der Waals surface area contributed by atoms with Crippen LogP contribution in [-0.4, -0.2) is 0 Å². The van der Waals surface area contributed by atoms with Crippen molar-refractivity contribution in [3.63, 3.8) is 0 Å². The maximum atomic E-state index is 13.3. The lowest BCUT2D eigenvalue weighted by molar-refractivity contribution is 0.290. The van der Waals surface area contributed by atoms with Crippen molar-refractivity contribution in [1.29, 1.82) is 0 Å². The van der Waals surface area contributed by atoms with Gasteiger partial charge in [-0.3, -0.25) is 0 Å². The Bertz CT molecular complexity index is 531. The molecule has 1 nitrogen and oxygen atoms in total. The first-order valence-corrected chi connectivity index (χ1v) is 6.15. The van der Waals surface area contributed by atoms with Crippen LogP contribution < -0.4 is 4.74 Å². The molecule has 0 bridgehead atoms. The quantitative estimate of drug-likeness (QED) is 0.789. The molecular formula is C13H9BrClFO. The van der Waals surface area contributed by atoms with Gasteiger partial charge in [-0.25, -0.2) is 4.39 Å². The Balaban J connectivity index is 2.08. The molecule has 0 aromatic heterocycles. The minimum atomic E-state index is -0.361. The molecule has 0 fully saturated rings. The third-order valence-corrected chi connectivity index (χ3v) is 3.43. The molecule has 0 heterocycles. The first-order chi connectivity index (χ1) is 8.16. The van der Waals surface area contributed by atoms with Crippen LogP contribution in [0.5, 0.6) is 5.75 Å². The summed E-state index contributed by atoms with van der Waals surface area (Å²) in [7, 11) is 0. The molecule has 0 aliphatic carbocycles. The third kappa shape index (κ3) is 3.20. The molecule has 2 rings (SSSR count). The highest BCUT2D eigenvalue weighted by molar-refractivity contribution is 9.10. The van der Waals surface area contributed by atoms with Gasteiger partial charge in [0.2, 0.25) is 0 Å². The number of hydrogen-bond donors (Lipinski definition) is 0. The van der Waals surface area contributed by atoms with Gasteiger partial charge >= 0.3 is 0 Å². The number of halogens is 3. The van der Waals surface area contributed by atoms with E-state index in [2.05, 4.69) is 15.9 Å². The second kappa shape index (κ2) is 5.52. The SMILES string of the molecule is Fc1ccccc1OCc1ccc(Cl)c(Br)c1. The van der Waals surface area contributed by atoms with E-state index in [1.807, 2.05) is 12.1 Å². The number of benzene rings is 2. The summed E-state index contributed by atoms with van der Waals surface area (Å²) in [6.45, 7) is 0.302. The number of hydrogen-bond acceptors (Lipinski definition) is 1. The minimum absolute atomic E-state index is 0.249. The van der Waals surface area contributed by atoms with Gasteiger partial charge in [-0.05, 0) is 45.8 Å². The largest absolute Gasteiger partial charge is 0.486 e. The maximum Gasteiger partial charge on any atom is 0.165 e. The fourth-order valence-electron chi connectivity index (χ4n) is 1.35. The van der Waals surface area contributed by atoms with E-state index in [1.165, 1.54) is 6.07 Å². The Kier molecular flexibility index (Phi) is 4.02. The van der Waals surface area contributed by atoms with Crippen molar-refractivity contribution in [2.45, 2.75) is 6.61 Å². The van der Waals surface area contributed by atoms with Crippen LogP contribution in [0.3, 0.4) is 0 Å². The Hall–Kier alpha value is -1.06. The van der Waals surface area contributed by atoms with Crippen LogP contribution in [0.15, 0.2) is 46.9 Å². The van der Waals surface area contributed by atoms with Crippen molar-refractivity contribution >= 4 is 27.5 Å². The Labute approximate surface area is 112 Å². The summed E-state index contributed by atoms with van der Waals surface area (Å²) in [5.41, 5.74) is 0.921. The smallest absolute Gasteiger partial charge is 0.165 e. The summed E-state index contributed by atoms with van der Waals surface area (Å²) in [5.74, 6) is -0.112. The maximum absolute atomic E-state index is 13.3. The Morgan fingerprint density at radius 3 is 2.65 bits per heavy atom. The second-order valence-electron chi connectivity index (χ2n) is 3.47. The fraction of sp³-hybridized carbons (Fsp3) is 0.0769. The van der Waals surface area contributed by atoms with E-state index in [1.54, 1.807) is 24.3 Å². The van der Waals surface area contributed by atoms with Gasteiger partial charge in [0.1, 0.15) is 6.61 Å². The molecule has 0 saturated heterocycles. The van der Waals surface area contributed by atoms with Crippen LogP contribution in [0.2, 0.25) is 5.02 Å². The summed E-state index contributed by atoms with van der Waals surface area (Å²) in [4.78, 5) is 0. The van der Waals surface area contributed by atoms with Crippen molar-refractivity contribution in [2.75, 3.05) is 0 Å². The first kappa shape index (κ1) is 12.4. The predicted molar refractivity (Wildman–Crippen MR) is 69.9 cm³/mol. The van der Waals surface area contributed by atoms with Crippen molar-refractivity contribution in [3.8, 4) is 5.75 Å². The zero-order chi connectivity index (χ0) is 12.3. The number of para-hydroxylation sites is 1. The summed E-state index contributed by atoms with van der Waals surface area (Å²) < 4.78 is 19.5. The van der Waals surface area contributed by atoms with Crippen LogP contribution in [-0.2, 0) is 6.61 Å². The summed E-state index contributed by atoms with van der Waals surface area (Å²) >= 11 is 9.20. The van der Waals surface area contributed by atoms with E-state index in [-0.39, 0.29) is 11.6 Å².